The predicted octanol–water partition coefficient (Wildman–Crippen LogP) is 5.22. The molecule has 1 atom stereocenters. The molecule has 0 unspecified atom stereocenters. The quantitative estimate of drug-likeness (QED) is 0.410. The van der Waals surface area contributed by atoms with Crippen molar-refractivity contribution in [2.75, 3.05) is 23.7 Å². The Bertz CT molecular complexity index is 1130. The summed E-state index contributed by atoms with van der Waals surface area (Å²) in [5.41, 5.74) is 1.30. The first-order valence-electron chi connectivity index (χ1n) is 11.3. The highest BCUT2D eigenvalue weighted by atomic mass is 32.2. The molecule has 1 aliphatic heterocycles. The lowest BCUT2D eigenvalue weighted by Crippen LogP contribution is -2.45. The zero-order chi connectivity index (χ0) is 24.1. The van der Waals surface area contributed by atoms with Crippen molar-refractivity contribution < 1.29 is 14.0 Å². The standard InChI is InChI=1S/C24H29N5O3S2/c1-15(2)20-11-25-21(32-20)14-33-22-12-26-24(34-22)28-19-5-4-10-29(13-19)23(31)17-6-8-18(9-7-17)27-16(3)30/h6-9,11-12,15,19H,4-5,10,13-14H2,1-3H3,(H,26,28)(H,27,30)/t19-/m0/s1. The van der Waals surface area contributed by atoms with Crippen LogP contribution in [0.25, 0.3) is 0 Å². The second kappa shape index (κ2) is 11.1. The number of oxazole rings is 1. The largest absolute Gasteiger partial charge is 0.445 e. The highest BCUT2D eigenvalue weighted by Gasteiger charge is 2.25. The molecule has 1 aliphatic rings. The molecule has 2 amide bonds. The van der Waals surface area contributed by atoms with Gasteiger partial charge in [-0.3, -0.25) is 9.59 Å². The summed E-state index contributed by atoms with van der Waals surface area (Å²) in [6.07, 6.45) is 5.59. The molecular weight excluding hydrogens is 470 g/mol. The molecule has 1 aromatic carbocycles. The van der Waals surface area contributed by atoms with Gasteiger partial charge in [0.15, 0.2) is 5.13 Å². The minimum atomic E-state index is -0.134. The lowest BCUT2D eigenvalue weighted by Gasteiger charge is -2.33. The number of rotatable bonds is 8. The zero-order valence-corrected chi connectivity index (χ0v) is 21.2. The second-order valence-corrected chi connectivity index (χ2v) is 10.9. The van der Waals surface area contributed by atoms with Crippen molar-refractivity contribution in [2.45, 2.75) is 55.5 Å². The van der Waals surface area contributed by atoms with Gasteiger partial charge in [-0.05, 0) is 37.1 Å². The van der Waals surface area contributed by atoms with Gasteiger partial charge < -0.3 is 20.0 Å². The van der Waals surface area contributed by atoms with Crippen molar-refractivity contribution in [3.05, 3.63) is 53.9 Å². The van der Waals surface area contributed by atoms with Crippen LogP contribution in [0.3, 0.4) is 0 Å². The van der Waals surface area contributed by atoms with Crippen LogP contribution in [0, 0.1) is 0 Å². The van der Waals surface area contributed by atoms with E-state index in [1.54, 1.807) is 53.6 Å². The van der Waals surface area contributed by atoms with E-state index in [4.69, 9.17) is 4.42 Å². The van der Waals surface area contributed by atoms with Crippen LogP contribution in [0.4, 0.5) is 10.8 Å². The van der Waals surface area contributed by atoms with Crippen molar-refractivity contribution in [1.82, 2.24) is 14.9 Å². The summed E-state index contributed by atoms with van der Waals surface area (Å²) in [6.45, 7) is 6.99. The smallest absolute Gasteiger partial charge is 0.253 e. The van der Waals surface area contributed by atoms with E-state index in [-0.39, 0.29) is 17.9 Å². The van der Waals surface area contributed by atoms with Crippen LogP contribution < -0.4 is 10.6 Å². The van der Waals surface area contributed by atoms with E-state index in [0.717, 1.165) is 40.4 Å². The molecule has 2 aromatic heterocycles. The maximum atomic E-state index is 13.0. The number of carbonyl (C=O) groups excluding carboxylic acids is 2. The summed E-state index contributed by atoms with van der Waals surface area (Å²) in [6, 6.07) is 7.18. The number of piperidine rings is 1. The molecule has 0 radical (unpaired) electrons. The Labute approximate surface area is 207 Å². The summed E-state index contributed by atoms with van der Waals surface area (Å²) in [5, 5.41) is 7.08. The van der Waals surface area contributed by atoms with Gasteiger partial charge in [0.05, 0.1) is 22.4 Å². The number of likely N-dealkylation sites (tertiary alicyclic amines) is 1. The molecule has 10 heteroatoms. The fourth-order valence-electron chi connectivity index (χ4n) is 3.72. The van der Waals surface area contributed by atoms with E-state index < -0.39 is 0 Å². The Morgan fingerprint density at radius 3 is 2.74 bits per heavy atom. The van der Waals surface area contributed by atoms with E-state index in [9.17, 15) is 9.59 Å². The number of hydrogen-bond acceptors (Lipinski definition) is 8. The summed E-state index contributed by atoms with van der Waals surface area (Å²) < 4.78 is 6.86. The maximum Gasteiger partial charge on any atom is 0.253 e. The van der Waals surface area contributed by atoms with Crippen molar-refractivity contribution in [3.63, 3.8) is 0 Å². The van der Waals surface area contributed by atoms with Crippen molar-refractivity contribution in [3.8, 4) is 0 Å². The Morgan fingerprint density at radius 1 is 1.24 bits per heavy atom. The lowest BCUT2D eigenvalue weighted by atomic mass is 10.0. The van der Waals surface area contributed by atoms with Gasteiger partial charge in [-0.15, -0.1) is 11.8 Å². The first-order valence-corrected chi connectivity index (χ1v) is 13.1. The van der Waals surface area contributed by atoms with Gasteiger partial charge in [-0.1, -0.05) is 25.2 Å². The molecule has 3 aromatic rings. The van der Waals surface area contributed by atoms with E-state index in [2.05, 4.69) is 34.4 Å². The third-order valence-corrected chi connectivity index (χ3v) is 7.56. The average Bonchev–Trinajstić information content (AvgIpc) is 3.47. The number of amides is 2. The average molecular weight is 500 g/mol. The van der Waals surface area contributed by atoms with Crippen LogP contribution in [-0.4, -0.2) is 45.8 Å². The molecule has 8 nitrogen and oxygen atoms in total. The van der Waals surface area contributed by atoms with E-state index in [0.29, 0.717) is 29.5 Å². The monoisotopic (exact) mass is 499 g/mol. The van der Waals surface area contributed by atoms with Gasteiger partial charge in [-0.2, -0.15) is 0 Å². The molecule has 34 heavy (non-hydrogen) atoms. The van der Waals surface area contributed by atoms with Crippen molar-refractivity contribution in [2.24, 2.45) is 0 Å². The number of hydrogen-bond donors (Lipinski definition) is 2. The molecule has 2 N–H and O–H groups in total. The third-order valence-electron chi connectivity index (χ3n) is 5.45. The molecule has 0 saturated carbocycles. The Hall–Kier alpha value is -2.85. The Morgan fingerprint density at radius 2 is 2.03 bits per heavy atom. The Kier molecular flexibility index (Phi) is 7.89. The van der Waals surface area contributed by atoms with Crippen LogP contribution in [0.1, 0.15) is 61.5 Å². The fraction of sp³-hybridized carbons (Fsp3) is 0.417. The molecular formula is C24H29N5O3S2. The summed E-state index contributed by atoms with van der Waals surface area (Å²) >= 11 is 3.26. The second-order valence-electron chi connectivity index (χ2n) is 8.58. The first kappa shape index (κ1) is 24.3. The molecule has 180 valence electrons. The lowest BCUT2D eigenvalue weighted by molar-refractivity contribution is -0.114. The topological polar surface area (TPSA) is 100 Å². The highest BCUT2D eigenvalue weighted by molar-refractivity contribution is 8.00. The minimum absolute atomic E-state index is 0.00275. The van der Waals surface area contributed by atoms with Gasteiger partial charge in [0, 0.05) is 43.2 Å². The third kappa shape index (κ3) is 6.38. The Balaban J connectivity index is 1.29. The summed E-state index contributed by atoms with van der Waals surface area (Å²) in [5.74, 6) is 2.50. The number of aromatic nitrogens is 2. The first-order chi connectivity index (χ1) is 16.4. The highest BCUT2D eigenvalue weighted by Crippen LogP contribution is 2.32. The van der Waals surface area contributed by atoms with E-state index >= 15 is 0 Å². The van der Waals surface area contributed by atoms with Crippen LogP contribution >= 0.6 is 23.1 Å². The SMILES string of the molecule is CC(=O)Nc1ccc(C(=O)N2CCC[C@H](Nc3ncc(SCc4ncc(C(C)C)o4)s3)C2)cc1. The number of thioether (sulfide) groups is 1. The van der Waals surface area contributed by atoms with Gasteiger partial charge in [0.1, 0.15) is 5.76 Å². The van der Waals surface area contributed by atoms with Gasteiger partial charge in [0.25, 0.3) is 5.91 Å². The van der Waals surface area contributed by atoms with Crippen LogP contribution in [0.5, 0.6) is 0 Å². The van der Waals surface area contributed by atoms with Crippen molar-refractivity contribution >= 4 is 45.7 Å². The summed E-state index contributed by atoms with van der Waals surface area (Å²) in [7, 11) is 0. The molecule has 4 rings (SSSR count). The number of benzene rings is 1. The van der Waals surface area contributed by atoms with Crippen LogP contribution in [-0.2, 0) is 10.5 Å². The molecule has 0 aliphatic carbocycles. The molecule has 0 bridgehead atoms. The van der Waals surface area contributed by atoms with E-state index in [1.807, 2.05) is 11.1 Å². The van der Waals surface area contributed by atoms with Crippen molar-refractivity contribution in [1.29, 1.82) is 0 Å². The number of anilines is 2. The van der Waals surface area contributed by atoms with Gasteiger partial charge in [-0.25, -0.2) is 9.97 Å². The van der Waals surface area contributed by atoms with E-state index in [1.165, 1.54) is 6.92 Å². The molecule has 1 saturated heterocycles. The minimum Gasteiger partial charge on any atom is -0.445 e. The number of carbonyl (C=O) groups is 2. The molecule has 1 fully saturated rings. The number of nitrogens with one attached hydrogen (secondary N) is 2. The normalized spacial score (nSPS) is 16.0. The molecule has 0 spiro atoms. The van der Waals surface area contributed by atoms with Crippen LogP contribution in [0.15, 0.2) is 45.3 Å². The van der Waals surface area contributed by atoms with Gasteiger partial charge in [0.2, 0.25) is 11.8 Å². The predicted molar refractivity (Wildman–Crippen MR) is 136 cm³/mol. The maximum absolute atomic E-state index is 13.0. The van der Waals surface area contributed by atoms with Crippen LogP contribution in [0.2, 0.25) is 0 Å². The molecule has 3 heterocycles. The summed E-state index contributed by atoms with van der Waals surface area (Å²) in [4.78, 5) is 34.9. The fourth-order valence-corrected chi connectivity index (χ4v) is 5.52. The van der Waals surface area contributed by atoms with Gasteiger partial charge >= 0.3 is 0 Å². The number of nitrogens with zero attached hydrogens (tertiary/aromatic N) is 3. The zero-order valence-electron chi connectivity index (χ0n) is 19.5. The number of thiazole rings is 1.